The number of halogens is 2. The molecule has 4 heterocycles. The molecular formula is C34H51F2N3O9. The lowest BCUT2D eigenvalue weighted by Crippen LogP contribution is -2.61. The van der Waals surface area contributed by atoms with Gasteiger partial charge in [-0.25, -0.2) is 9.59 Å². The fourth-order valence-corrected chi connectivity index (χ4v) is 8.28. The van der Waals surface area contributed by atoms with Gasteiger partial charge in [-0.2, -0.15) is 8.78 Å². The smallest absolute Gasteiger partial charge is 0.410 e. The summed E-state index contributed by atoms with van der Waals surface area (Å²) in [5.41, 5.74) is -2.36. The van der Waals surface area contributed by atoms with Crippen molar-refractivity contribution in [1.29, 1.82) is 0 Å². The molecule has 1 amide bonds. The Bertz CT molecular complexity index is 1310. The lowest BCUT2D eigenvalue weighted by molar-refractivity contribution is -0.297. The first-order chi connectivity index (χ1) is 22.3. The number of carbonyl (C=O) groups is 3. The molecule has 4 aliphatic rings. The zero-order valence-corrected chi connectivity index (χ0v) is 29.4. The number of fused-ring (bicyclic) bond motifs is 1. The van der Waals surface area contributed by atoms with Gasteiger partial charge >= 0.3 is 18.0 Å². The molecule has 4 aliphatic heterocycles. The quantitative estimate of drug-likeness (QED) is 0.253. The van der Waals surface area contributed by atoms with Crippen LogP contribution in [0.1, 0.15) is 67.7 Å². The number of hydrogen-bond acceptors (Lipinski definition) is 11. The number of ketones is 1. The van der Waals surface area contributed by atoms with Crippen LogP contribution in [-0.2, 0) is 33.3 Å². The number of likely N-dealkylation sites (N-methyl/N-ethyl adjacent to an activating group) is 1. The second kappa shape index (κ2) is 14.3. The van der Waals surface area contributed by atoms with Gasteiger partial charge in [-0.05, 0) is 60.0 Å². The number of aliphatic hydroxyl groups is 1. The Kier molecular flexibility index (Phi) is 11.3. The lowest BCUT2D eigenvalue weighted by atomic mass is 9.73. The number of cyclic esters (lactones) is 1. The normalized spacial score (nSPS) is 42.3. The van der Waals surface area contributed by atoms with E-state index < -0.39 is 89.4 Å². The molecule has 270 valence electrons. The van der Waals surface area contributed by atoms with Crippen LogP contribution in [0.2, 0.25) is 0 Å². The summed E-state index contributed by atoms with van der Waals surface area (Å²) in [7, 11) is 3.58. The molecule has 14 heteroatoms. The SMILES string of the molecule is C#CCO[C@@]1(C)C[C@@H](C)C2=NCCN3C(=O)O[C@](C)([C@H](CC)OC(=O)C(F)(F)C(=O)[C@H](C)[C@H]1O[C@@H]1O[C@H](C)C[C@H](N(C)C)[C@H]1O)[C@H]3[C@@H]2C. The highest BCUT2D eigenvalue weighted by Crippen LogP contribution is 2.44. The maximum absolute atomic E-state index is 16.0. The summed E-state index contributed by atoms with van der Waals surface area (Å²) >= 11 is 0. The minimum Gasteiger partial charge on any atom is -0.453 e. The Morgan fingerprint density at radius 3 is 2.42 bits per heavy atom. The van der Waals surface area contributed by atoms with Crippen LogP contribution in [-0.4, -0.2) is 132 Å². The van der Waals surface area contributed by atoms with E-state index in [9.17, 15) is 19.5 Å². The summed E-state index contributed by atoms with van der Waals surface area (Å²) in [6.45, 7) is 11.8. The van der Waals surface area contributed by atoms with Crippen molar-refractivity contribution in [3.63, 3.8) is 0 Å². The van der Waals surface area contributed by atoms with Crippen molar-refractivity contribution >= 4 is 23.6 Å². The Balaban J connectivity index is 1.88. The number of alkyl halides is 2. The molecule has 0 radical (unpaired) electrons. The number of amides is 1. The number of Topliss-reactive ketones (excluding diaryl/α,β-unsaturated/α-hetero) is 1. The molecular weight excluding hydrogens is 632 g/mol. The first kappa shape index (κ1) is 38.1. The van der Waals surface area contributed by atoms with Crippen molar-refractivity contribution in [3.8, 4) is 12.3 Å². The highest BCUT2D eigenvalue weighted by molar-refractivity contribution is 6.06. The molecule has 1 N–H and O–H groups in total. The van der Waals surface area contributed by atoms with Crippen molar-refractivity contribution in [1.82, 2.24) is 9.80 Å². The molecule has 48 heavy (non-hydrogen) atoms. The predicted molar refractivity (Wildman–Crippen MR) is 170 cm³/mol. The van der Waals surface area contributed by atoms with E-state index in [1.54, 1.807) is 41.8 Å². The van der Waals surface area contributed by atoms with Gasteiger partial charge in [0.1, 0.15) is 18.8 Å². The third kappa shape index (κ3) is 6.86. The van der Waals surface area contributed by atoms with Crippen molar-refractivity contribution in [3.05, 3.63) is 0 Å². The zero-order chi connectivity index (χ0) is 35.9. The van der Waals surface area contributed by atoms with Crippen molar-refractivity contribution in [2.45, 2.75) is 128 Å². The van der Waals surface area contributed by atoms with E-state index in [-0.39, 0.29) is 38.6 Å². The van der Waals surface area contributed by atoms with Gasteiger partial charge in [-0.1, -0.05) is 33.6 Å². The van der Waals surface area contributed by atoms with Gasteiger partial charge in [-0.3, -0.25) is 14.7 Å². The minimum atomic E-state index is -4.62. The summed E-state index contributed by atoms with van der Waals surface area (Å²) in [5.74, 6) is -8.61. The number of esters is 1. The van der Waals surface area contributed by atoms with Gasteiger partial charge in [0.25, 0.3) is 0 Å². The maximum Gasteiger partial charge on any atom is 0.410 e. The third-order valence-electron chi connectivity index (χ3n) is 10.6. The molecule has 3 saturated heterocycles. The Hall–Kier alpha value is -2.70. The molecule has 0 aliphatic carbocycles. The van der Waals surface area contributed by atoms with Crippen LogP contribution in [0.4, 0.5) is 13.6 Å². The average molecular weight is 684 g/mol. The number of rotatable bonds is 6. The number of aliphatic hydroxyl groups excluding tert-OH is 1. The van der Waals surface area contributed by atoms with Gasteiger partial charge in [0.15, 0.2) is 11.9 Å². The second-order valence-electron chi connectivity index (χ2n) is 14.4. The van der Waals surface area contributed by atoms with Crippen LogP contribution in [0, 0.1) is 30.1 Å². The summed E-state index contributed by atoms with van der Waals surface area (Å²) in [5, 5.41) is 11.3. The van der Waals surface area contributed by atoms with Crippen LogP contribution in [0.25, 0.3) is 0 Å². The number of hydrogen-bond donors (Lipinski definition) is 1. The molecule has 0 unspecified atom stereocenters. The van der Waals surface area contributed by atoms with E-state index in [0.717, 1.165) is 0 Å². The largest absolute Gasteiger partial charge is 0.453 e. The molecule has 3 fully saturated rings. The molecule has 0 aromatic rings. The van der Waals surface area contributed by atoms with Crippen LogP contribution >= 0.6 is 0 Å². The van der Waals surface area contributed by atoms with E-state index >= 15 is 8.78 Å². The second-order valence-corrected chi connectivity index (χ2v) is 14.4. The molecule has 0 saturated carbocycles. The van der Waals surface area contributed by atoms with E-state index in [0.29, 0.717) is 12.1 Å². The molecule has 0 aromatic carbocycles. The van der Waals surface area contributed by atoms with Crippen LogP contribution < -0.4 is 0 Å². The summed E-state index contributed by atoms with van der Waals surface area (Å²) in [6, 6.07) is -1.13. The predicted octanol–water partition coefficient (Wildman–Crippen LogP) is 3.08. The number of aliphatic imine (C=N–C) groups is 1. The monoisotopic (exact) mass is 683 g/mol. The molecule has 0 spiro atoms. The van der Waals surface area contributed by atoms with E-state index in [1.165, 1.54) is 11.8 Å². The first-order valence-electron chi connectivity index (χ1n) is 16.7. The Labute approximate surface area is 281 Å². The van der Waals surface area contributed by atoms with Crippen LogP contribution in [0.3, 0.4) is 0 Å². The Morgan fingerprint density at radius 2 is 1.81 bits per heavy atom. The topological polar surface area (TPSA) is 136 Å². The lowest BCUT2D eigenvalue weighted by Gasteiger charge is -2.47. The summed E-state index contributed by atoms with van der Waals surface area (Å²) in [4.78, 5) is 48.5. The zero-order valence-electron chi connectivity index (χ0n) is 29.4. The maximum atomic E-state index is 16.0. The fourth-order valence-electron chi connectivity index (χ4n) is 8.28. The molecule has 4 rings (SSSR count). The van der Waals surface area contributed by atoms with Crippen molar-refractivity contribution in [2.24, 2.45) is 22.7 Å². The van der Waals surface area contributed by atoms with Gasteiger partial charge in [-0.15, -0.1) is 6.42 Å². The number of nitrogens with zero attached hydrogens (tertiary/aromatic N) is 3. The average Bonchev–Trinajstić information content (AvgIpc) is 3.14. The minimum absolute atomic E-state index is 0.0281. The third-order valence-corrected chi connectivity index (χ3v) is 10.6. The van der Waals surface area contributed by atoms with Gasteiger partial charge < -0.3 is 33.7 Å². The molecule has 12 atom stereocenters. The molecule has 12 nitrogen and oxygen atoms in total. The van der Waals surface area contributed by atoms with Crippen molar-refractivity contribution < 1.29 is 52.0 Å². The van der Waals surface area contributed by atoms with Crippen molar-refractivity contribution in [2.75, 3.05) is 33.8 Å². The van der Waals surface area contributed by atoms with E-state index in [1.807, 2.05) is 18.7 Å². The number of ether oxygens (including phenoxy) is 5. The van der Waals surface area contributed by atoms with Crippen LogP contribution in [0.5, 0.6) is 0 Å². The standard InChI is InChI=1S/C34H51F2N3O9/c1-11-15-44-32(7)17-18(3)24-20(5)26-33(8,48-31(43)39(26)14-13-37-24)23(12-2)46-30(42)34(35,36)27(41)21(6)28(32)47-29-25(40)22(38(9)10)16-19(4)45-29/h1,18-23,25-26,28-29,40H,12-17H2,2-10H3/t18-,19-,20-,21+,22+,23+,25-,26-,28-,29+,32+,33-/m1/s1. The molecule has 0 aromatic heterocycles. The van der Waals surface area contributed by atoms with Gasteiger partial charge in [0.2, 0.25) is 5.78 Å². The van der Waals surface area contributed by atoms with Gasteiger partial charge in [0, 0.05) is 24.2 Å². The highest BCUT2D eigenvalue weighted by atomic mass is 19.3. The summed E-state index contributed by atoms with van der Waals surface area (Å²) in [6.07, 6.45) is -0.209. The summed E-state index contributed by atoms with van der Waals surface area (Å²) < 4.78 is 61.9. The first-order valence-corrected chi connectivity index (χ1v) is 16.7. The van der Waals surface area contributed by atoms with Gasteiger partial charge in [0.05, 0.1) is 36.3 Å². The van der Waals surface area contributed by atoms with E-state index in [2.05, 4.69) is 5.92 Å². The fraction of sp³-hybridized carbons (Fsp3) is 0.824. The van der Waals surface area contributed by atoms with E-state index in [4.69, 9.17) is 35.1 Å². The number of terminal acetylenes is 1. The molecule has 2 bridgehead atoms. The highest BCUT2D eigenvalue weighted by Gasteiger charge is 2.63. The number of carbonyl (C=O) groups excluding carboxylic acids is 3. The van der Waals surface area contributed by atoms with Crippen LogP contribution in [0.15, 0.2) is 4.99 Å². The Morgan fingerprint density at radius 1 is 1.15 bits per heavy atom.